The zero-order valence-electron chi connectivity index (χ0n) is 9.09. The Labute approximate surface area is 103 Å². The van der Waals surface area contributed by atoms with E-state index in [1.807, 2.05) is 30.3 Å². The van der Waals surface area contributed by atoms with E-state index in [0.717, 1.165) is 22.2 Å². The van der Waals surface area contributed by atoms with Crippen molar-refractivity contribution >= 4 is 28.7 Å². The molecule has 1 fully saturated rings. The molecule has 5 heteroatoms. The molecule has 88 valence electrons. The molecule has 1 heterocycles. The first-order valence-electron chi connectivity index (χ1n) is 5.19. The molecule has 0 radical (unpaired) electrons. The van der Waals surface area contributed by atoms with Gasteiger partial charge in [-0.25, -0.2) is 0 Å². The van der Waals surface area contributed by atoms with Crippen LogP contribution in [0, 0.1) is 0 Å². The highest BCUT2D eigenvalue weighted by atomic mass is 32.2. The van der Waals surface area contributed by atoms with Gasteiger partial charge >= 0.3 is 0 Å². The summed E-state index contributed by atoms with van der Waals surface area (Å²) in [4.78, 5) is 35.3. The zero-order valence-corrected chi connectivity index (χ0v) is 9.90. The van der Waals surface area contributed by atoms with Crippen LogP contribution in [-0.2, 0) is 16.0 Å². The topological polar surface area (TPSA) is 54.5 Å². The summed E-state index contributed by atoms with van der Waals surface area (Å²) in [5, 5.41) is -0.323. The van der Waals surface area contributed by atoms with Crippen LogP contribution in [0.3, 0.4) is 0 Å². The summed E-state index contributed by atoms with van der Waals surface area (Å²) < 4.78 is 0. The summed E-state index contributed by atoms with van der Waals surface area (Å²) in [5.74, 6) is -0.251. The number of imide groups is 1. The minimum absolute atomic E-state index is 0.112. The van der Waals surface area contributed by atoms with Gasteiger partial charge in [-0.2, -0.15) is 0 Å². The minimum Gasteiger partial charge on any atom is -0.297 e. The monoisotopic (exact) mass is 249 g/mol. The molecule has 1 aliphatic rings. The van der Waals surface area contributed by atoms with E-state index in [4.69, 9.17) is 0 Å². The van der Waals surface area contributed by atoms with Crippen LogP contribution in [0.25, 0.3) is 0 Å². The van der Waals surface area contributed by atoms with Gasteiger partial charge in [-0.1, -0.05) is 42.1 Å². The van der Waals surface area contributed by atoms with E-state index in [1.54, 1.807) is 0 Å². The normalized spacial score (nSPS) is 15.4. The number of Topliss-reactive ketones (excluding diaryl/α,β-unsaturated/α-hetero) is 1. The first-order chi connectivity index (χ1) is 8.16. The van der Waals surface area contributed by atoms with Crippen LogP contribution in [0.1, 0.15) is 5.56 Å². The number of thioether (sulfide) groups is 1. The smallest absolute Gasteiger partial charge is 0.289 e. The van der Waals surface area contributed by atoms with Crippen molar-refractivity contribution in [3.8, 4) is 0 Å². The molecule has 0 saturated carbocycles. The van der Waals surface area contributed by atoms with Gasteiger partial charge in [0.05, 0.1) is 12.3 Å². The number of hydrogen-bond acceptors (Lipinski definition) is 4. The predicted molar refractivity (Wildman–Crippen MR) is 64.7 cm³/mol. The Bertz CT molecular complexity index is 442. The highest BCUT2D eigenvalue weighted by Crippen LogP contribution is 2.18. The molecule has 0 atom stereocenters. The fraction of sp³-hybridized carbons (Fsp3) is 0.250. The third-order valence-corrected chi connectivity index (χ3v) is 3.28. The van der Waals surface area contributed by atoms with Gasteiger partial charge in [0, 0.05) is 6.42 Å². The van der Waals surface area contributed by atoms with E-state index in [1.165, 1.54) is 0 Å². The largest absolute Gasteiger partial charge is 0.297 e. The zero-order chi connectivity index (χ0) is 12.3. The molecule has 0 aliphatic carbocycles. The molecule has 0 aromatic heterocycles. The molecule has 0 spiro atoms. The third kappa shape index (κ3) is 2.94. The Kier molecular flexibility index (Phi) is 3.58. The Hall–Kier alpha value is -1.62. The highest BCUT2D eigenvalue weighted by Gasteiger charge is 2.31. The molecule has 2 rings (SSSR count). The van der Waals surface area contributed by atoms with Crippen LogP contribution in [0.5, 0.6) is 0 Å². The highest BCUT2D eigenvalue weighted by molar-refractivity contribution is 8.14. The number of benzene rings is 1. The van der Waals surface area contributed by atoms with Crippen LogP contribution in [0.4, 0.5) is 4.79 Å². The Morgan fingerprint density at radius 1 is 1.24 bits per heavy atom. The van der Waals surface area contributed by atoms with Crippen molar-refractivity contribution in [2.24, 2.45) is 0 Å². The van der Waals surface area contributed by atoms with Crippen molar-refractivity contribution in [1.29, 1.82) is 0 Å². The molecule has 0 N–H and O–H groups in total. The first-order valence-corrected chi connectivity index (χ1v) is 6.18. The lowest BCUT2D eigenvalue weighted by atomic mass is 10.1. The molecule has 0 unspecified atom stereocenters. The van der Waals surface area contributed by atoms with Gasteiger partial charge in [-0.3, -0.25) is 19.3 Å². The van der Waals surface area contributed by atoms with Gasteiger partial charge in [0.2, 0.25) is 5.91 Å². The Morgan fingerprint density at radius 3 is 2.53 bits per heavy atom. The maximum absolute atomic E-state index is 11.7. The fourth-order valence-electron chi connectivity index (χ4n) is 1.59. The number of nitrogens with zero attached hydrogens (tertiary/aromatic N) is 1. The Morgan fingerprint density at radius 2 is 1.94 bits per heavy atom. The number of carbonyl (C=O) groups is 3. The summed E-state index contributed by atoms with van der Waals surface area (Å²) in [6.07, 6.45) is 0.253. The second kappa shape index (κ2) is 5.14. The second-order valence-electron chi connectivity index (χ2n) is 3.74. The number of amides is 2. The lowest BCUT2D eigenvalue weighted by Gasteiger charge is -2.11. The molecule has 1 saturated heterocycles. The maximum atomic E-state index is 11.7. The van der Waals surface area contributed by atoms with Crippen LogP contribution in [0.15, 0.2) is 30.3 Å². The molecule has 0 bridgehead atoms. The van der Waals surface area contributed by atoms with Crippen molar-refractivity contribution in [3.63, 3.8) is 0 Å². The van der Waals surface area contributed by atoms with Crippen molar-refractivity contribution < 1.29 is 14.4 Å². The predicted octanol–water partition coefficient (Wildman–Crippen LogP) is 1.49. The standard InChI is InChI=1S/C12H11NO3S/c14-10(6-9-4-2-1-3-5-9)7-13-11(15)8-17-12(13)16/h1-5H,6-8H2. The van der Waals surface area contributed by atoms with Crippen LogP contribution < -0.4 is 0 Å². The molecule has 17 heavy (non-hydrogen) atoms. The lowest BCUT2D eigenvalue weighted by molar-refractivity contribution is -0.129. The molecule has 1 aromatic rings. The lowest BCUT2D eigenvalue weighted by Crippen LogP contribution is -2.34. The van der Waals surface area contributed by atoms with Gasteiger partial charge in [0.1, 0.15) is 0 Å². The quantitative estimate of drug-likeness (QED) is 0.811. The van der Waals surface area contributed by atoms with Gasteiger partial charge in [0.15, 0.2) is 5.78 Å². The van der Waals surface area contributed by atoms with Crippen molar-refractivity contribution in [3.05, 3.63) is 35.9 Å². The average Bonchev–Trinajstić information content (AvgIpc) is 2.62. The van der Waals surface area contributed by atoms with Gasteiger partial charge < -0.3 is 0 Å². The fourth-order valence-corrected chi connectivity index (χ4v) is 2.31. The molecule has 1 aromatic carbocycles. The second-order valence-corrected chi connectivity index (χ2v) is 4.66. The minimum atomic E-state index is -0.323. The third-order valence-electron chi connectivity index (χ3n) is 2.42. The summed E-state index contributed by atoms with van der Waals surface area (Å²) in [6, 6.07) is 9.27. The summed E-state index contributed by atoms with van der Waals surface area (Å²) in [5.41, 5.74) is 0.893. The molecular formula is C12H11NO3S. The first kappa shape index (κ1) is 11.9. The number of hydrogen-bond donors (Lipinski definition) is 0. The maximum Gasteiger partial charge on any atom is 0.289 e. The number of rotatable bonds is 4. The summed E-state index contributed by atoms with van der Waals surface area (Å²) in [7, 11) is 0. The van der Waals surface area contributed by atoms with E-state index in [-0.39, 0.29) is 35.6 Å². The molecule has 1 aliphatic heterocycles. The molecule has 4 nitrogen and oxygen atoms in total. The van der Waals surface area contributed by atoms with E-state index in [9.17, 15) is 14.4 Å². The number of ketones is 1. The van der Waals surface area contributed by atoms with Crippen LogP contribution >= 0.6 is 11.8 Å². The number of carbonyl (C=O) groups excluding carboxylic acids is 3. The average molecular weight is 249 g/mol. The van der Waals surface area contributed by atoms with Crippen molar-refractivity contribution in [1.82, 2.24) is 4.90 Å². The molecular weight excluding hydrogens is 238 g/mol. The SMILES string of the molecule is O=C(Cc1ccccc1)CN1C(=O)CSC1=O. The summed E-state index contributed by atoms with van der Waals surface area (Å²) in [6.45, 7) is -0.112. The van der Waals surface area contributed by atoms with Crippen LogP contribution in [-0.4, -0.2) is 34.1 Å². The van der Waals surface area contributed by atoms with Crippen LogP contribution in [0.2, 0.25) is 0 Å². The van der Waals surface area contributed by atoms with E-state index >= 15 is 0 Å². The van der Waals surface area contributed by atoms with Gasteiger partial charge in [-0.05, 0) is 5.56 Å². The summed E-state index contributed by atoms with van der Waals surface area (Å²) >= 11 is 0.947. The van der Waals surface area contributed by atoms with Gasteiger partial charge in [-0.15, -0.1) is 0 Å². The van der Waals surface area contributed by atoms with E-state index in [2.05, 4.69) is 0 Å². The van der Waals surface area contributed by atoms with E-state index < -0.39 is 0 Å². The van der Waals surface area contributed by atoms with Crippen molar-refractivity contribution in [2.75, 3.05) is 12.3 Å². The Balaban J connectivity index is 1.94. The van der Waals surface area contributed by atoms with Gasteiger partial charge in [0.25, 0.3) is 5.24 Å². The van der Waals surface area contributed by atoms with E-state index in [0.29, 0.717) is 0 Å². The molecule has 2 amide bonds. The van der Waals surface area contributed by atoms with Crippen molar-refractivity contribution in [2.45, 2.75) is 6.42 Å².